The van der Waals surface area contributed by atoms with E-state index in [-0.39, 0.29) is 10.1 Å². The van der Waals surface area contributed by atoms with Crippen molar-refractivity contribution in [2.75, 3.05) is 0 Å². The number of hydrogen-bond donors (Lipinski definition) is 0. The molecule has 0 aliphatic rings. The molecule has 2 nitrogen and oxygen atoms in total. The Labute approximate surface area is 314 Å². The third-order valence-electron chi connectivity index (χ3n) is 11.6. The van der Waals surface area contributed by atoms with Gasteiger partial charge in [-0.1, -0.05) is 148 Å². The summed E-state index contributed by atoms with van der Waals surface area (Å²) >= 11 is 3.86. The molecule has 0 unspecified atom stereocenters. The predicted molar refractivity (Wildman–Crippen MR) is 231 cm³/mol. The standard InChI is InChI=1S/C46H49BrO2Si2/c1-45(2,3)50(7,8)48-41-27-25-37(31-17-11-13-19-33(31)41)43-35-21-15-16-22-36(35)44(40-29-30(47)23-24-39(40)43)38-26-28-42(34-20-14-12-18-32(34)38)49-51(9,10)46(4,5)6/h11-29H,1-10H3. The van der Waals surface area contributed by atoms with Crippen molar-refractivity contribution in [3.05, 3.63) is 120 Å². The van der Waals surface area contributed by atoms with Crippen LogP contribution in [-0.2, 0) is 0 Å². The lowest BCUT2D eigenvalue weighted by Crippen LogP contribution is -2.43. The fourth-order valence-electron chi connectivity index (χ4n) is 6.74. The third-order valence-corrected chi connectivity index (χ3v) is 20.8. The SMILES string of the molecule is CC(C)(C)[Si](C)(C)Oc1ccc(-c2c3ccccc3c(-c3ccc(O[Si](C)(C)C(C)(C)C)c4ccccc34)c3cc(Br)ccc23)c2ccccc12. The van der Waals surface area contributed by atoms with Gasteiger partial charge in [0.25, 0.3) is 16.6 Å². The van der Waals surface area contributed by atoms with Crippen molar-refractivity contribution in [3.8, 4) is 33.8 Å². The van der Waals surface area contributed by atoms with Gasteiger partial charge in [-0.25, -0.2) is 0 Å². The highest BCUT2D eigenvalue weighted by molar-refractivity contribution is 9.10. The maximum atomic E-state index is 6.96. The highest BCUT2D eigenvalue weighted by Crippen LogP contribution is 2.50. The molecule has 7 aromatic rings. The molecule has 0 aliphatic heterocycles. The Hall–Kier alpha value is -3.91. The van der Waals surface area contributed by atoms with Gasteiger partial charge in [0.1, 0.15) is 11.5 Å². The average molecular weight is 770 g/mol. The van der Waals surface area contributed by atoms with E-state index in [0.717, 1.165) is 26.7 Å². The van der Waals surface area contributed by atoms with Gasteiger partial charge in [0, 0.05) is 15.2 Å². The lowest BCUT2D eigenvalue weighted by Gasteiger charge is -2.37. The van der Waals surface area contributed by atoms with Crippen molar-refractivity contribution in [3.63, 3.8) is 0 Å². The van der Waals surface area contributed by atoms with Gasteiger partial charge < -0.3 is 8.85 Å². The summed E-state index contributed by atoms with van der Waals surface area (Å²) in [6, 6.07) is 42.2. The van der Waals surface area contributed by atoms with Crippen molar-refractivity contribution in [2.24, 2.45) is 0 Å². The Bertz CT molecular complexity index is 2470. The molecule has 0 atom stereocenters. The topological polar surface area (TPSA) is 18.5 Å². The quantitative estimate of drug-likeness (QED) is 0.124. The van der Waals surface area contributed by atoms with E-state index in [1.165, 1.54) is 54.6 Å². The van der Waals surface area contributed by atoms with Crippen LogP contribution in [0.4, 0.5) is 0 Å². The van der Waals surface area contributed by atoms with E-state index in [0.29, 0.717) is 0 Å². The van der Waals surface area contributed by atoms with Gasteiger partial charge in [-0.2, -0.15) is 0 Å². The monoisotopic (exact) mass is 768 g/mol. The Kier molecular flexibility index (Phi) is 8.80. The molecule has 5 heteroatoms. The van der Waals surface area contributed by atoms with Crippen LogP contribution in [0.15, 0.2) is 120 Å². The van der Waals surface area contributed by atoms with Crippen molar-refractivity contribution in [1.82, 2.24) is 0 Å². The molecular formula is C46H49BrO2Si2. The van der Waals surface area contributed by atoms with Crippen LogP contribution in [0.2, 0.25) is 36.3 Å². The summed E-state index contributed by atoms with van der Waals surface area (Å²) in [5.74, 6) is 1.94. The first-order valence-electron chi connectivity index (χ1n) is 18.0. The first-order chi connectivity index (χ1) is 24.0. The summed E-state index contributed by atoms with van der Waals surface area (Å²) < 4.78 is 15.0. The number of fused-ring (bicyclic) bond motifs is 4. The zero-order valence-electron chi connectivity index (χ0n) is 31.7. The molecule has 0 bridgehead atoms. The molecule has 51 heavy (non-hydrogen) atoms. The summed E-state index contributed by atoms with van der Waals surface area (Å²) in [4.78, 5) is 0. The largest absolute Gasteiger partial charge is 0.543 e. The summed E-state index contributed by atoms with van der Waals surface area (Å²) in [7, 11) is -4.12. The van der Waals surface area contributed by atoms with Crippen molar-refractivity contribution in [1.29, 1.82) is 0 Å². The van der Waals surface area contributed by atoms with E-state index in [9.17, 15) is 0 Å². The fraction of sp³-hybridized carbons (Fsp3) is 0.261. The molecule has 7 aromatic carbocycles. The van der Waals surface area contributed by atoms with Gasteiger partial charge in [-0.3, -0.25) is 0 Å². The average Bonchev–Trinajstić information content (AvgIpc) is 3.07. The van der Waals surface area contributed by atoms with Crippen LogP contribution in [-0.4, -0.2) is 16.6 Å². The Balaban J connectivity index is 1.52. The van der Waals surface area contributed by atoms with Gasteiger partial charge in [-0.05, 0) is 115 Å². The van der Waals surface area contributed by atoms with Crippen LogP contribution >= 0.6 is 15.9 Å². The lowest BCUT2D eigenvalue weighted by atomic mass is 9.83. The number of benzene rings is 7. The van der Waals surface area contributed by atoms with E-state index < -0.39 is 16.6 Å². The fourth-order valence-corrected chi connectivity index (χ4v) is 9.17. The third kappa shape index (κ3) is 6.21. The summed E-state index contributed by atoms with van der Waals surface area (Å²) in [5, 5.41) is 9.80. The molecular weight excluding hydrogens is 721 g/mol. The van der Waals surface area contributed by atoms with Crippen LogP contribution in [0.1, 0.15) is 41.5 Å². The smallest absolute Gasteiger partial charge is 0.250 e. The van der Waals surface area contributed by atoms with Gasteiger partial charge in [-0.15, -0.1) is 0 Å². The molecule has 0 fully saturated rings. The number of rotatable bonds is 6. The second kappa shape index (κ2) is 12.6. The minimum atomic E-state index is -2.06. The minimum Gasteiger partial charge on any atom is -0.543 e. The first kappa shape index (κ1) is 35.5. The highest BCUT2D eigenvalue weighted by atomic mass is 79.9. The van der Waals surface area contributed by atoms with Gasteiger partial charge in [0.2, 0.25) is 0 Å². The maximum absolute atomic E-state index is 6.96. The van der Waals surface area contributed by atoms with Crippen molar-refractivity contribution < 1.29 is 8.85 Å². The molecule has 0 radical (unpaired) electrons. The zero-order chi connectivity index (χ0) is 36.5. The van der Waals surface area contributed by atoms with E-state index in [4.69, 9.17) is 8.85 Å². The minimum absolute atomic E-state index is 0.0977. The number of halogens is 1. The van der Waals surface area contributed by atoms with Crippen molar-refractivity contribution >= 4 is 75.7 Å². The molecule has 0 saturated heterocycles. The van der Waals surface area contributed by atoms with E-state index in [1.54, 1.807) is 0 Å². The summed E-state index contributed by atoms with van der Waals surface area (Å²) in [6.07, 6.45) is 0. The molecule has 7 rings (SSSR count). The van der Waals surface area contributed by atoms with E-state index in [2.05, 4.69) is 199 Å². The van der Waals surface area contributed by atoms with Crippen LogP contribution < -0.4 is 8.85 Å². The Morgan fingerprint density at radius 3 is 1.18 bits per heavy atom. The maximum Gasteiger partial charge on any atom is 0.250 e. The number of hydrogen-bond acceptors (Lipinski definition) is 2. The molecule has 0 N–H and O–H groups in total. The lowest BCUT2D eigenvalue weighted by molar-refractivity contribution is 0.496. The van der Waals surface area contributed by atoms with E-state index >= 15 is 0 Å². The molecule has 0 aromatic heterocycles. The second-order valence-electron chi connectivity index (χ2n) is 17.0. The normalized spacial score (nSPS) is 13.0. The first-order valence-corrected chi connectivity index (χ1v) is 24.7. The highest BCUT2D eigenvalue weighted by Gasteiger charge is 2.40. The molecule has 0 aliphatic carbocycles. The summed E-state index contributed by atoms with van der Waals surface area (Å²) in [5.41, 5.74) is 4.91. The van der Waals surface area contributed by atoms with E-state index in [1.807, 2.05) is 0 Å². The predicted octanol–water partition coefficient (Wildman–Crippen LogP) is 15.2. The summed E-state index contributed by atoms with van der Waals surface area (Å²) in [6.45, 7) is 23.1. The second-order valence-corrected chi connectivity index (χ2v) is 27.4. The Morgan fingerprint density at radius 2 is 0.765 bits per heavy atom. The van der Waals surface area contributed by atoms with Crippen LogP contribution in [0.3, 0.4) is 0 Å². The van der Waals surface area contributed by atoms with Crippen LogP contribution in [0.25, 0.3) is 65.3 Å². The molecule has 0 spiro atoms. The molecule has 260 valence electrons. The van der Waals surface area contributed by atoms with Gasteiger partial charge in [0.15, 0.2) is 0 Å². The molecule has 0 amide bonds. The molecule has 0 saturated carbocycles. The van der Waals surface area contributed by atoms with Crippen LogP contribution in [0, 0.1) is 0 Å². The van der Waals surface area contributed by atoms with Crippen molar-refractivity contribution in [2.45, 2.75) is 77.8 Å². The van der Waals surface area contributed by atoms with Gasteiger partial charge >= 0.3 is 0 Å². The Morgan fingerprint density at radius 1 is 0.412 bits per heavy atom. The molecule has 0 heterocycles. The van der Waals surface area contributed by atoms with Gasteiger partial charge in [0.05, 0.1) is 0 Å². The zero-order valence-corrected chi connectivity index (χ0v) is 35.3. The van der Waals surface area contributed by atoms with Crippen LogP contribution in [0.5, 0.6) is 11.5 Å².